The Kier molecular flexibility index (Phi) is 7.38. The Labute approximate surface area is 168 Å². The fourth-order valence-corrected chi connectivity index (χ4v) is 3.04. The van der Waals surface area contributed by atoms with E-state index in [0.717, 1.165) is 24.2 Å². The van der Waals surface area contributed by atoms with Crippen LogP contribution in [0.1, 0.15) is 5.56 Å². The summed E-state index contributed by atoms with van der Waals surface area (Å²) in [5.74, 6) is 1.32. The average Bonchev–Trinajstić information content (AvgIpc) is 2.72. The molecule has 0 bridgehead atoms. The summed E-state index contributed by atoms with van der Waals surface area (Å²) in [6.07, 6.45) is 2.88. The van der Waals surface area contributed by atoms with Gasteiger partial charge in [0.1, 0.15) is 18.0 Å². The highest BCUT2D eigenvalue weighted by Gasteiger charge is 2.18. The lowest BCUT2D eigenvalue weighted by molar-refractivity contribution is -0.917. The fourth-order valence-electron chi connectivity index (χ4n) is 3.04. The monoisotopic (exact) mass is 403 g/mol. The first-order chi connectivity index (χ1) is 13.9. The van der Waals surface area contributed by atoms with Crippen molar-refractivity contribution in [2.24, 2.45) is 0 Å². The maximum Gasteiger partial charge on any atom is 0.341 e. The lowest BCUT2D eigenvalue weighted by Crippen LogP contribution is -3.07. The molecule has 1 aromatic carbocycles. The van der Waals surface area contributed by atoms with Crippen molar-refractivity contribution in [1.29, 1.82) is 0 Å². The third-order valence-electron chi connectivity index (χ3n) is 4.42. The molecule has 0 fully saturated rings. The van der Waals surface area contributed by atoms with Gasteiger partial charge in [0.05, 0.1) is 34.4 Å². The van der Waals surface area contributed by atoms with Crippen LogP contribution in [0, 0.1) is 0 Å². The van der Waals surface area contributed by atoms with E-state index in [-0.39, 0.29) is 19.8 Å². The summed E-state index contributed by atoms with van der Waals surface area (Å²) in [6, 6.07) is 5.47. The van der Waals surface area contributed by atoms with Crippen LogP contribution in [0.25, 0.3) is 0 Å². The number of nitrogens with one attached hydrogen (secondary N) is 1. The van der Waals surface area contributed by atoms with Gasteiger partial charge in [-0.1, -0.05) is 12.2 Å². The third kappa shape index (κ3) is 4.75. The molecule has 0 aliphatic rings. The molecule has 9 heteroatoms. The number of hydrogen-bond acceptors (Lipinski definition) is 5. The maximum atomic E-state index is 12.7. The Morgan fingerprint density at radius 3 is 1.97 bits per heavy atom. The molecule has 1 unspecified atom stereocenters. The number of aromatic nitrogens is 3. The molecule has 0 spiro atoms. The van der Waals surface area contributed by atoms with Crippen LogP contribution in [0.15, 0.2) is 57.9 Å². The van der Waals surface area contributed by atoms with E-state index in [2.05, 4.69) is 13.2 Å². The summed E-state index contributed by atoms with van der Waals surface area (Å²) < 4.78 is 13.6. The van der Waals surface area contributed by atoms with E-state index in [4.69, 9.17) is 9.47 Å². The minimum Gasteiger partial charge on any atom is -0.497 e. The first kappa shape index (κ1) is 22.0. The van der Waals surface area contributed by atoms with Gasteiger partial charge < -0.3 is 14.4 Å². The highest BCUT2D eigenvalue weighted by molar-refractivity contribution is 5.40. The van der Waals surface area contributed by atoms with Gasteiger partial charge >= 0.3 is 17.1 Å². The highest BCUT2D eigenvalue weighted by Crippen LogP contribution is 2.23. The molecule has 1 heterocycles. The molecule has 0 amide bonds. The zero-order valence-electron chi connectivity index (χ0n) is 17.0. The number of allylic oxidation sites excluding steroid dienone is 2. The molecule has 156 valence electrons. The smallest absolute Gasteiger partial charge is 0.341 e. The van der Waals surface area contributed by atoms with E-state index in [9.17, 15) is 14.4 Å². The summed E-state index contributed by atoms with van der Waals surface area (Å²) in [5.41, 5.74) is -1.11. The Bertz CT molecular complexity index is 1020. The summed E-state index contributed by atoms with van der Waals surface area (Å²) in [7, 11) is 4.98. The van der Waals surface area contributed by atoms with Crippen LogP contribution in [0.3, 0.4) is 0 Å². The van der Waals surface area contributed by atoms with Gasteiger partial charge in [0, 0.05) is 11.6 Å². The Balaban J connectivity index is 2.42. The number of benzene rings is 1. The second-order valence-corrected chi connectivity index (χ2v) is 6.54. The van der Waals surface area contributed by atoms with Crippen molar-refractivity contribution in [2.45, 2.75) is 26.3 Å². The number of methoxy groups -OCH3 is 2. The Hall–Kier alpha value is -3.33. The summed E-state index contributed by atoms with van der Waals surface area (Å²) >= 11 is 0. The molecule has 0 radical (unpaired) electrons. The van der Waals surface area contributed by atoms with Gasteiger partial charge in [-0.15, -0.1) is 13.2 Å². The second kappa shape index (κ2) is 9.74. The molecule has 29 heavy (non-hydrogen) atoms. The largest absolute Gasteiger partial charge is 0.497 e. The van der Waals surface area contributed by atoms with E-state index >= 15 is 0 Å². The van der Waals surface area contributed by atoms with Crippen molar-refractivity contribution in [1.82, 2.24) is 13.7 Å². The van der Waals surface area contributed by atoms with Crippen molar-refractivity contribution in [2.75, 3.05) is 21.3 Å². The average molecular weight is 403 g/mol. The van der Waals surface area contributed by atoms with Gasteiger partial charge in [-0.25, -0.2) is 23.5 Å². The van der Waals surface area contributed by atoms with Crippen LogP contribution in [0.4, 0.5) is 0 Å². The number of quaternary nitrogens is 1. The summed E-state index contributed by atoms with van der Waals surface area (Å²) in [4.78, 5) is 38.8. The minimum atomic E-state index is -0.675. The van der Waals surface area contributed by atoms with Crippen molar-refractivity contribution in [3.05, 3.63) is 80.5 Å². The zero-order valence-corrected chi connectivity index (χ0v) is 17.0. The molecular weight excluding hydrogens is 376 g/mol. The standard InChI is InChI=1S/C20H26N4O5/c1-6-10-22-18(25)23(11-7-2)20(27)24(19(22)26)14-21(3)13-15-8-9-16(28-4)12-17(15)29-5/h6-9,12H,1-2,10-11,13-14H2,3-5H3/p+1. The molecule has 0 saturated heterocycles. The number of hydrogen-bond donors (Lipinski definition) is 1. The zero-order chi connectivity index (χ0) is 21.6. The van der Waals surface area contributed by atoms with Crippen molar-refractivity contribution >= 4 is 0 Å². The molecule has 0 aliphatic heterocycles. The first-order valence-corrected chi connectivity index (χ1v) is 9.06. The molecule has 0 aliphatic carbocycles. The van der Waals surface area contributed by atoms with Gasteiger partial charge in [-0.3, -0.25) is 0 Å². The van der Waals surface area contributed by atoms with E-state index in [1.54, 1.807) is 20.3 Å². The van der Waals surface area contributed by atoms with Gasteiger partial charge in [-0.05, 0) is 12.1 Å². The number of ether oxygens (including phenoxy) is 2. The van der Waals surface area contributed by atoms with Crippen LogP contribution in [-0.4, -0.2) is 35.0 Å². The topological polar surface area (TPSA) is 88.9 Å². The van der Waals surface area contributed by atoms with E-state index in [1.165, 1.54) is 12.2 Å². The van der Waals surface area contributed by atoms with Crippen LogP contribution in [0.5, 0.6) is 11.5 Å². The highest BCUT2D eigenvalue weighted by atomic mass is 16.5. The first-order valence-electron chi connectivity index (χ1n) is 9.06. The van der Waals surface area contributed by atoms with Crippen molar-refractivity contribution in [3.8, 4) is 11.5 Å². The van der Waals surface area contributed by atoms with E-state index < -0.39 is 17.1 Å². The lowest BCUT2D eigenvalue weighted by atomic mass is 10.2. The molecule has 0 saturated carbocycles. The van der Waals surface area contributed by atoms with E-state index in [0.29, 0.717) is 18.0 Å². The minimum absolute atomic E-state index is 0.0143. The normalized spacial score (nSPS) is 11.7. The number of rotatable bonds is 10. The Morgan fingerprint density at radius 1 is 0.931 bits per heavy atom. The predicted molar refractivity (Wildman–Crippen MR) is 110 cm³/mol. The van der Waals surface area contributed by atoms with Crippen LogP contribution < -0.4 is 31.4 Å². The van der Waals surface area contributed by atoms with Crippen molar-refractivity contribution in [3.63, 3.8) is 0 Å². The van der Waals surface area contributed by atoms with Crippen LogP contribution >= 0.6 is 0 Å². The summed E-state index contributed by atoms with van der Waals surface area (Å²) in [5, 5.41) is 0. The van der Waals surface area contributed by atoms with E-state index in [1.807, 2.05) is 19.2 Å². The molecular formula is C20H27N4O5+. The van der Waals surface area contributed by atoms with Gasteiger partial charge in [0.15, 0.2) is 6.67 Å². The molecule has 1 N–H and O–H groups in total. The Morgan fingerprint density at radius 2 is 1.48 bits per heavy atom. The number of nitrogens with zero attached hydrogens (tertiary/aromatic N) is 3. The van der Waals surface area contributed by atoms with Crippen LogP contribution in [0.2, 0.25) is 0 Å². The SMILES string of the molecule is C=CCn1c(=O)n(CC=C)c(=O)n(C[NH+](C)Cc2ccc(OC)cc2OC)c1=O. The summed E-state index contributed by atoms with van der Waals surface area (Å²) in [6.45, 7) is 7.73. The third-order valence-corrected chi connectivity index (χ3v) is 4.42. The molecule has 1 atom stereocenters. The maximum absolute atomic E-state index is 12.7. The van der Waals surface area contributed by atoms with Gasteiger partial charge in [0.2, 0.25) is 0 Å². The molecule has 9 nitrogen and oxygen atoms in total. The van der Waals surface area contributed by atoms with Crippen molar-refractivity contribution < 1.29 is 14.4 Å². The fraction of sp³-hybridized carbons (Fsp3) is 0.350. The van der Waals surface area contributed by atoms with Gasteiger partial charge in [0.25, 0.3) is 0 Å². The lowest BCUT2D eigenvalue weighted by Gasteiger charge is -2.18. The predicted octanol–water partition coefficient (Wildman–Crippen LogP) is -0.767. The second-order valence-electron chi connectivity index (χ2n) is 6.54. The van der Waals surface area contributed by atoms with Gasteiger partial charge in [-0.2, -0.15) is 4.57 Å². The molecule has 2 rings (SSSR count). The molecule has 1 aromatic heterocycles. The van der Waals surface area contributed by atoms with Crippen LogP contribution in [-0.2, 0) is 26.3 Å². The quantitative estimate of drug-likeness (QED) is 0.527. The molecule has 2 aromatic rings.